The molecule has 96 valence electrons. The van der Waals surface area contributed by atoms with Crippen molar-refractivity contribution in [1.29, 1.82) is 0 Å². The van der Waals surface area contributed by atoms with E-state index in [1.807, 2.05) is 31.2 Å². The van der Waals surface area contributed by atoms with Crippen molar-refractivity contribution in [2.75, 3.05) is 13.7 Å². The predicted molar refractivity (Wildman–Crippen MR) is 70.6 cm³/mol. The number of methoxy groups -OCH3 is 1. The molecule has 17 heavy (non-hydrogen) atoms. The van der Waals surface area contributed by atoms with E-state index in [1.165, 1.54) is 0 Å². The molecule has 5 heteroatoms. The van der Waals surface area contributed by atoms with E-state index in [9.17, 15) is 4.79 Å². The molecule has 0 heterocycles. The third kappa shape index (κ3) is 5.56. The highest BCUT2D eigenvalue weighted by Gasteiger charge is 2.06. The molecule has 0 bridgehead atoms. The summed E-state index contributed by atoms with van der Waals surface area (Å²) in [6.07, 6.45) is 0.369. The maximum Gasteiger partial charge on any atom is 0.224 e. The van der Waals surface area contributed by atoms with E-state index in [0.717, 1.165) is 11.3 Å². The molecule has 0 saturated heterocycles. The minimum Gasteiger partial charge on any atom is -0.497 e. The zero-order valence-corrected chi connectivity index (χ0v) is 10.9. The number of halogens is 1. The van der Waals surface area contributed by atoms with Crippen LogP contribution in [0.3, 0.4) is 0 Å². The van der Waals surface area contributed by atoms with Crippen LogP contribution in [-0.2, 0) is 11.2 Å². The lowest BCUT2D eigenvalue weighted by Gasteiger charge is -2.11. The van der Waals surface area contributed by atoms with Gasteiger partial charge in [0.05, 0.1) is 13.5 Å². The molecule has 0 aliphatic rings. The lowest BCUT2D eigenvalue weighted by molar-refractivity contribution is -0.120. The first-order valence-electron chi connectivity index (χ1n) is 5.28. The van der Waals surface area contributed by atoms with Gasteiger partial charge in [0.15, 0.2) is 0 Å². The molecule has 1 amide bonds. The molecule has 0 spiro atoms. The van der Waals surface area contributed by atoms with E-state index in [0.29, 0.717) is 13.0 Å². The molecule has 0 fully saturated rings. The Balaban J connectivity index is 0.00000256. The van der Waals surface area contributed by atoms with E-state index < -0.39 is 0 Å². The number of hydrogen-bond acceptors (Lipinski definition) is 3. The van der Waals surface area contributed by atoms with Gasteiger partial charge in [0.25, 0.3) is 0 Å². The van der Waals surface area contributed by atoms with Crippen LogP contribution in [0.2, 0.25) is 0 Å². The van der Waals surface area contributed by atoms with Crippen molar-refractivity contribution in [2.24, 2.45) is 5.73 Å². The van der Waals surface area contributed by atoms with Crippen molar-refractivity contribution in [2.45, 2.75) is 19.4 Å². The second kappa shape index (κ2) is 7.92. The number of benzene rings is 1. The summed E-state index contributed by atoms with van der Waals surface area (Å²) in [4.78, 5) is 11.5. The topological polar surface area (TPSA) is 64.3 Å². The van der Waals surface area contributed by atoms with Gasteiger partial charge in [-0.3, -0.25) is 4.79 Å². The summed E-state index contributed by atoms with van der Waals surface area (Å²) >= 11 is 0. The van der Waals surface area contributed by atoms with E-state index in [2.05, 4.69) is 5.32 Å². The van der Waals surface area contributed by atoms with Crippen molar-refractivity contribution in [1.82, 2.24) is 5.32 Å². The molecule has 0 unspecified atom stereocenters. The van der Waals surface area contributed by atoms with Crippen LogP contribution in [0.1, 0.15) is 12.5 Å². The molecule has 0 saturated carbocycles. The van der Waals surface area contributed by atoms with E-state index >= 15 is 0 Å². The second-order valence-corrected chi connectivity index (χ2v) is 3.73. The molecule has 1 aromatic carbocycles. The summed E-state index contributed by atoms with van der Waals surface area (Å²) in [6.45, 7) is 2.33. The van der Waals surface area contributed by atoms with Gasteiger partial charge < -0.3 is 15.8 Å². The largest absolute Gasteiger partial charge is 0.497 e. The normalized spacial score (nSPS) is 11.2. The van der Waals surface area contributed by atoms with E-state index in [1.54, 1.807) is 7.11 Å². The summed E-state index contributed by atoms with van der Waals surface area (Å²) in [6, 6.07) is 7.46. The number of carbonyl (C=O) groups is 1. The van der Waals surface area contributed by atoms with Crippen molar-refractivity contribution < 1.29 is 9.53 Å². The van der Waals surface area contributed by atoms with Gasteiger partial charge in [-0.25, -0.2) is 0 Å². The highest BCUT2D eigenvalue weighted by molar-refractivity contribution is 5.85. The highest BCUT2D eigenvalue weighted by atomic mass is 35.5. The lowest BCUT2D eigenvalue weighted by atomic mass is 10.1. The predicted octanol–water partition coefficient (Wildman–Crippen LogP) is 1.12. The minimum atomic E-state index is -0.0110. The number of carbonyl (C=O) groups excluding carboxylic acids is 1. The van der Waals surface area contributed by atoms with E-state index in [-0.39, 0.29) is 24.4 Å². The smallest absolute Gasteiger partial charge is 0.224 e. The lowest BCUT2D eigenvalue weighted by Crippen LogP contribution is -2.38. The summed E-state index contributed by atoms with van der Waals surface area (Å²) in [5.41, 5.74) is 6.38. The van der Waals surface area contributed by atoms with Gasteiger partial charge in [-0.15, -0.1) is 12.4 Å². The van der Waals surface area contributed by atoms with Crippen LogP contribution in [0.25, 0.3) is 0 Å². The van der Waals surface area contributed by atoms with Crippen molar-refractivity contribution in [3.63, 3.8) is 0 Å². The minimum absolute atomic E-state index is 0. The van der Waals surface area contributed by atoms with Crippen molar-refractivity contribution >= 4 is 18.3 Å². The average molecular weight is 259 g/mol. The molecule has 1 rings (SSSR count). The summed E-state index contributed by atoms with van der Waals surface area (Å²) in [5, 5.41) is 2.81. The molecule has 1 aromatic rings. The molecular weight excluding hydrogens is 240 g/mol. The molecule has 4 nitrogen and oxygen atoms in total. The van der Waals surface area contributed by atoms with Crippen LogP contribution in [0.4, 0.5) is 0 Å². The quantitative estimate of drug-likeness (QED) is 0.832. The molecule has 0 aliphatic carbocycles. The van der Waals surface area contributed by atoms with Crippen molar-refractivity contribution in [3.8, 4) is 5.75 Å². The summed E-state index contributed by atoms with van der Waals surface area (Å²) in [7, 11) is 1.62. The first-order valence-corrected chi connectivity index (χ1v) is 5.28. The fraction of sp³-hybridized carbons (Fsp3) is 0.417. The highest BCUT2D eigenvalue weighted by Crippen LogP contribution is 2.11. The van der Waals surface area contributed by atoms with Gasteiger partial charge in [-0.2, -0.15) is 0 Å². The SMILES string of the molecule is COc1ccc(CC(=O)N[C@H](C)CN)cc1.Cl. The molecule has 1 atom stereocenters. The first kappa shape index (κ1) is 15.7. The average Bonchev–Trinajstić information content (AvgIpc) is 2.29. The number of nitrogens with one attached hydrogen (secondary N) is 1. The van der Waals surface area contributed by atoms with Gasteiger partial charge in [-0.05, 0) is 24.6 Å². The maximum absolute atomic E-state index is 11.5. The standard InChI is InChI=1S/C12H18N2O2.ClH/c1-9(8-13)14-12(15)7-10-3-5-11(16-2)6-4-10;/h3-6,9H,7-8,13H2,1-2H3,(H,14,15);1H/t9-;/m1./s1. The Labute approximate surface area is 108 Å². The Bertz CT molecular complexity index is 341. The number of nitrogens with two attached hydrogens (primary N) is 1. The molecule has 0 aromatic heterocycles. The molecule has 0 aliphatic heterocycles. The Morgan fingerprint density at radius 1 is 1.41 bits per heavy atom. The third-order valence-electron chi connectivity index (χ3n) is 2.28. The van der Waals surface area contributed by atoms with Gasteiger partial charge in [0.2, 0.25) is 5.91 Å². The Hall–Kier alpha value is -1.26. The zero-order chi connectivity index (χ0) is 12.0. The van der Waals surface area contributed by atoms with Crippen LogP contribution in [0.5, 0.6) is 5.75 Å². The second-order valence-electron chi connectivity index (χ2n) is 3.73. The molecular formula is C12H19ClN2O2. The van der Waals surface area contributed by atoms with E-state index in [4.69, 9.17) is 10.5 Å². The Morgan fingerprint density at radius 3 is 2.47 bits per heavy atom. The van der Waals surface area contributed by atoms with Gasteiger partial charge in [0, 0.05) is 12.6 Å². The number of amides is 1. The summed E-state index contributed by atoms with van der Waals surface area (Å²) in [5.74, 6) is 0.780. The fourth-order valence-corrected chi connectivity index (χ4v) is 1.31. The monoisotopic (exact) mass is 258 g/mol. The zero-order valence-electron chi connectivity index (χ0n) is 10.1. The van der Waals surface area contributed by atoms with Crippen LogP contribution >= 0.6 is 12.4 Å². The van der Waals surface area contributed by atoms with Crippen molar-refractivity contribution in [3.05, 3.63) is 29.8 Å². The van der Waals surface area contributed by atoms with Gasteiger partial charge in [0.1, 0.15) is 5.75 Å². The number of ether oxygens (including phenoxy) is 1. The third-order valence-corrected chi connectivity index (χ3v) is 2.28. The number of rotatable bonds is 5. The molecule has 0 radical (unpaired) electrons. The maximum atomic E-state index is 11.5. The van der Waals surface area contributed by atoms with Crippen LogP contribution in [-0.4, -0.2) is 25.6 Å². The molecule has 3 N–H and O–H groups in total. The Morgan fingerprint density at radius 2 is 2.00 bits per heavy atom. The van der Waals surface area contributed by atoms with Gasteiger partial charge >= 0.3 is 0 Å². The summed E-state index contributed by atoms with van der Waals surface area (Å²) < 4.78 is 5.04. The van der Waals surface area contributed by atoms with Crippen LogP contribution in [0.15, 0.2) is 24.3 Å². The first-order chi connectivity index (χ1) is 7.65. The van der Waals surface area contributed by atoms with Crippen LogP contribution in [0, 0.1) is 0 Å². The number of hydrogen-bond donors (Lipinski definition) is 2. The Kier molecular flexibility index (Phi) is 7.34. The van der Waals surface area contributed by atoms with Gasteiger partial charge in [-0.1, -0.05) is 12.1 Å². The fourth-order valence-electron chi connectivity index (χ4n) is 1.31. The van der Waals surface area contributed by atoms with Crippen LogP contribution < -0.4 is 15.8 Å².